The van der Waals surface area contributed by atoms with Gasteiger partial charge in [-0.05, 0) is 63.4 Å². The minimum Gasteiger partial charge on any atom is -0.367 e. The summed E-state index contributed by atoms with van der Waals surface area (Å²) in [5.74, 6) is -1.29. The number of anilines is 2. The molecule has 0 radical (unpaired) electrons. The lowest BCUT2D eigenvalue weighted by Gasteiger charge is -2.36. The first-order valence-electron chi connectivity index (χ1n) is 11.4. The number of nitrogens with one attached hydrogen (secondary N) is 1. The van der Waals surface area contributed by atoms with Gasteiger partial charge in [0.25, 0.3) is 5.91 Å². The van der Waals surface area contributed by atoms with Crippen LogP contribution in [0.4, 0.5) is 15.8 Å². The van der Waals surface area contributed by atoms with Crippen LogP contribution in [0.5, 0.6) is 0 Å². The number of rotatable bonds is 9. The molecule has 2 atom stereocenters. The molecular weight excluding hydrogens is 469 g/mol. The van der Waals surface area contributed by atoms with Gasteiger partial charge in [0, 0.05) is 37.8 Å². The van der Waals surface area contributed by atoms with Crippen LogP contribution in [-0.2, 0) is 16.0 Å². The molecule has 3 N–H and O–H groups in total. The van der Waals surface area contributed by atoms with Crippen molar-refractivity contribution in [2.24, 2.45) is 10.9 Å². The number of benzene rings is 2. The SMILES string of the molecule is C=C(O/N=C(\C)c1ccc(C(N)=O)c(F)c1)c1ccc(N2CCCCC2C)c(NS(=O)N(C)C)c1. The van der Waals surface area contributed by atoms with Gasteiger partial charge in [-0.15, -0.1) is 0 Å². The van der Waals surface area contributed by atoms with Crippen LogP contribution in [-0.4, -0.2) is 46.8 Å². The van der Waals surface area contributed by atoms with Crippen molar-refractivity contribution in [1.82, 2.24) is 4.31 Å². The van der Waals surface area contributed by atoms with Gasteiger partial charge in [0.1, 0.15) is 5.82 Å². The fourth-order valence-corrected chi connectivity index (χ4v) is 4.39. The third-order valence-electron chi connectivity index (χ3n) is 5.90. The van der Waals surface area contributed by atoms with Crippen molar-refractivity contribution < 1.29 is 18.2 Å². The lowest BCUT2D eigenvalue weighted by Crippen LogP contribution is -2.38. The highest BCUT2D eigenvalue weighted by Crippen LogP contribution is 2.34. The molecule has 188 valence electrons. The van der Waals surface area contributed by atoms with E-state index in [-0.39, 0.29) is 11.3 Å². The Balaban J connectivity index is 1.84. The number of amides is 1. The maximum Gasteiger partial charge on any atom is 0.251 e. The zero-order valence-electron chi connectivity index (χ0n) is 20.5. The van der Waals surface area contributed by atoms with Crippen LogP contribution in [0.3, 0.4) is 0 Å². The van der Waals surface area contributed by atoms with Crippen molar-refractivity contribution in [3.8, 4) is 0 Å². The van der Waals surface area contributed by atoms with Crippen molar-refractivity contribution in [1.29, 1.82) is 0 Å². The highest BCUT2D eigenvalue weighted by molar-refractivity contribution is 7.84. The monoisotopic (exact) mass is 501 g/mol. The number of nitrogens with two attached hydrogens (primary N) is 1. The summed E-state index contributed by atoms with van der Waals surface area (Å²) in [5, 5.41) is 4.06. The van der Waals surface area contributed by atoms with E-state index < -0.39 is 22.9 Å². The fraction of sp³-hybridized carbons (Fsp3) is 0.360. The normalized spacial score (nSPS) is 17.3. The number of hydrogen-bond acceptors (Lipinski definition) is 5. The van der Waals surface area contributed by atoms with Crippen LogP contribution in [0, 0.1) is 5.82 Å². The molecule has 2 aromatic rings. The standard InChI is InChI=1S/C25H32FN5O3S/c1-16-8-6-7-13-31(16)24-12-10-20(15-23(24)29-35(33)30(4)5)18(3)34-28-17(2)19-9-11-21(25(27)32)22(26)14-19/h9-12,14-16,29H,3,6-8,13H2,1-2,4-5H3,(H2,27,32)/b28-17+. The Morgan fingerprint density at radius 2 is 1.97 bits per heavy atom. The molecular formula is C25H32FN5O3S. The lowest BCUT2D eigenvalue weighted by atomic mass is 10.0. The summed E-state index contributed by atoms with van der Waals surface area (Å²) in [7, 11) is 3.46. The van der Waals surface area contributed by atoms with E-state index in [4.69, 9.17) is 10.6 Å². The zero-order chi connectivity index (χ0) is 25.7. The predicted octanol–water partition coefficient (Wildman–Crippen LogP) is 4.27. The molecule has 1 aliphatic rings. The summed E-state index contributed by atoms with van der Waals surface area (Å²) in [6, 6.07) is 10.1. The van der Waals surface area contributed by atoms with E-state index in [0.717, 1.165) is 25.1 Å². The summed E-state index contributed by atoms with van der Waals surface area (Å²) in [6.07, 6.45) is 3.40. The van der Waals surface area contributed by atoms with Crippen LogP contribution in [0.15, 0.2) is 48.1 Å². The van der Waals surface area contributed by atoms with Gasteiger partial charge in [-0.25, -0.2) is 12.9 Å². The molecule has 0 aromatic heterocycles. The predicted molar refractivity (Wildman–Crippen MR) is 140 cm³/mol. The summed E-state index contributed by atoms with van der Waals surface area (Å²) in [6.45, 7) is 8.74. The topological polar surface area (TPSA) is 100 Å². The smallest absolute Gasteiger partial charge is 0.251 e. The summed E-state index contributed by atoms with van der Waals surface area (Å²) in [4.78, 5) is 19.1. The summed E-state index contributed by atoms with van der Waals surface area (Å²) >= 11 is -1.42. The zero-order valence-corrected chi connectivity index (χ0v) is 21.3. The first-order chi connectivity index (χ1) is 16.6. The lowest BCUT2D eigenvalue weighted by molar-refractivity contribution is 0.0996. The average Bonchev–Trinajstić information content (AvgIpc) is 2.82. The fourth-order valence-electron chi connectivity index (χ4n) is 3.85. The number of hydrogen-bond donors (Lipinski definition) is 2. The summed E-state index contributed by atoms with van der Waals surface area (Å²) in [5.41, 5.74) is 8.13. The van der Waals surface area contributed by atoms with Gasteiger partial charge in [0.05, 0.1) is 22.6 Å². The largest absolute Gasteiger partial charge is 0.367 e. The van der Waals surface area contributed by atoms with Crippen LogP contribution in [0.2, 0.25) is 0 Å². The maximum atomic E-state index is 14.1. The molecule has 1 fully saturated rings. The molecule has 0 spiro atoms. The quantitative estimate of drug-likeness (QED) is 0.304. The second kappa shape index (κ2) is 11.5. The number of halogens is 1. The highest BCUT2D eigenvalue weighted by atomic mass is 32.2. The van der Waals surface area contributed by atoms with E-state index >= 15 is 0 Å². The van der Waals surface area contributed by atoms with Crippen LogP contribution >= 0.6 is 0 Å². The van der Waals surface area contributed by atoms with E-state index in [1.54, 1.807) is 31.4 Å². The molecule has 10 heteroatoms. The second-order valence-corrected chi connectivity index (χ2v) is 10.1. The van der Waals surface area contributed by atoms with Crippen molar-refractivity contribution in [3.63, 3.8) is 0 Å². The van der Waals surface area contributed by atoms with Crippen molar-refractivity contribution in [2.75, 3.05) is 30.3 Å². The highest BCUT2D eigenvalue weighted by Gasteiger charge is 2.22. The molecule has 35 heavy (non-hydrogen) atoms. The third-order valence-corrected chi connectivity index (χ3v) is 6.96. The van der Waals surface area contributed by atoms with Gasteiger partial charge in [-0.2, -0.15) is 0 Å². The summed E-state index contributed by atoms with van der Waals surface area (Å²) < 4.78 is 31.3. The molecule has 0 bridgehead atoms. The Kier molecular flexibility index (Phi) is 8.63. The first-order valence-corrected chi connectivity index (χ1v) is 12.5. The minimum absolute atomic E-state index is 0.190. The van der Waals surface area contributed by atoms with E-state index in [9.17, 15) is 13.4 Å². The molecule has 0 saturated carbocycles. The van der Waals surface area contributed by atoms with Gasteiger partial charge < -0.3 is 15.5 Å². The molecule has 2 aromatic carbocycles. The molecule has 2 unspecified atom stereocenters. The van der Waals surface area contributed by atoms with Crippen LogP contribution < -0.4 is 15.4 Å². The van der Waals surface area contributed by atoms with Crippen LogP contribution in [0.25, 0.3) is 5.76 Å². The van der Waals surface area contributed by atoms with Gasteiger partial charge in [-0.1, -0.05) is 17.8 Å². The number of carbonyl (C=O) groups excluding carboxylic acids is 1. The molecule has 8 nitrogen and oxygen atoms in total. The minimum atomic E-state index is -1.42. The van der Waals surface area contributed by atoms with Crippen LogP contribution in [0.1, 0.15) is 54.6 Å². The number of carbonyl (C=O) groups is 1. The molecule has 1 saturated heterocycles. The molecule has 3 rings (SSSR count). The van der Waals surface area contributed by atoms with E-state index in [2.05, 4.69) is 28.3 Å². The Morgan fingerprint density at radius 3 is 2.60 bits per heavy atom. The van der Waals surface area contributed by atoms with Gasteiger partial charge in [0.2, 0.25) is 0 Å². The van der Waals surface area contributed by atoms with E-state index in [1.165, 1.54) is 18.6 Å². The van der Waals surface area contributed by atoms with Crippen molar-refractivity contribution >= 4 is 39.9 Å². The second-order valence-electron chi connectivity index (χ2n) is 8.68. The molecule has 0 aliphatic carbocycles. The Bertz CT molecular complexity index is 1170. The van der Waals surface area contributed by atoms with E-state index in [0.29, 0.717) is 28.6 Å². The Morgan fingerprint density at radius 1 is 1.26 bits per heavy atom. The number of nitrogens with zero attached hydrogens (tertiary/aromatic N) is 3. The molecule has 1 amide bonds. The van der Waals surface area contributed by atoms with Gasteiger partial charge >= 0.3 is 0 Å². The molecule has 1 heterocycles. The van der Waals surface area contributed by atoms with E-state index in [1.807, 2.05) is 18.2 Å². The van der Waals surface area contributed by atoms with Crippen molar-refractivity contribution in [3.05, 3.63) is 65.5 Å². The Hall–Kier alpha value is -3.24. The van der Waals surface area contributed by atoms with Gasteiger partial charge in [0.15, 0.2) is 16.9 Å². The Labute approximate surface area is 208 Å². The number of oxime groups is 1. The average molecular weight is 502 g/mol. The number of primary amides is 1. The number of piperidine rings is 1. The van der Waals surface area contributed by atoms with Crippen molar-refractivity contribution in [2.45, 2.75) is 39.2 Å². The third kappa shape index (κ3) is 6.46. The van der Waals surface area contributed by atoms with Gasteiger partial charge in [-0.3, -0.25) is 9.52 Å². The maximum absolute atomic E-state index is 14.1. The first kappa shape index (κ1) is 26.4. The molecule has 1 aliphatic heterocycles.